The Morgan fingerprint density at radius 1 is 0.933 bits per heavy atom. The second kappa shape index (κ2) is 8.28. The van der Waals surface area contributed by atoms with Gasteiger partial charge >= 0.3 is 6.09 Å². The second-order valence-electron chi connectivity index (χ2n) is 7.82. The highest BCUT2D eigenvalue weighted by atomic mass is 16.4. The van der Waals surface area contributed by atoms with E-state index in [2.05, 4.69) is 41.3 Å². The van der Waals surface area contributed by atoms with E-state index in [9.17, 15) is 19.5 Å². The van der Waals surface area contributed by atoms with E-state index >= 15 is 0 Å². The summed E-state index contributed by atoms with van der Waals surface area (Å²) >= 11 is 0. The van der Waals surface area contributed by atoms with Gasteiger partial charge in [-0.3, -0.25) is 24.3 Å². The Bertz CT molecular complexity index is 929. The van der Waals surface area contributed by atoms with Crippen LogP contribution in [0.5, 0.6) is 0 Å². The smallest absolute Gasteiger partial charge is 0.409 e. The Kier molecular flexibility index (Phi) is 5.55. The predicted octanol–water partition coefficient (Wildman–Crippen LogP) is 3.01. The van der Waals surface area contributed by atoms with E-state index in [1.165, 1.54) is 4.90 Å². The molecular weight excluding hydrogens is 382 g/mol. The number of hydrogen-bond donors (Lipinski definition) is 1. The number of benzene rings is 2. The number of carbonyl (C=O) groups is 3. The lowest BCUT2D eigenvalue weighted by molar-refractivity contribution is -0.150. The molecule has 2 atom stereocenters. The molecule has 30 heavy (non-hydrogen) atoms. The van der Waals surface area contributed by atoms with Crippen LogP contribution >= 0.6 is 0 Å². The van der Waals surface area contributed by atoms with Crippen molar-refractivity contribution >= 4 is 17.9 Å². The van der Waals surface area contributed by atoms with E-state index < -0.39 is 12.3 Å². The highest BCUT2D eigenvalue weighted by Crippen LogP contribution is 2.27. The number of imide groups is 1. The molecule has 0 aromatic heterocycles. The number of nitrogens with zero attached hydrogens (tertiary/aromatic N) is 3. The summed E-state index contributed by atoms with van der Waals surface area (Å²) in [5.41, 5.74) is 3.39. The van der Waals surface area contributed by atoms with E-state index in [1.807, 2.05) is 25.1 Å². The van der Waals surface area contributed by atoms with Gasteiger partial charge in [0.2, 0.25) is 11.8 Å². The SMILES string of the molecule is CC1C(N2C(=O)CCC2=O)N(C(=O)O)CCN1Cc1ccc(-c2ccccc2)cc1. The summed E-state index contributed by atoms with van der Waals surface area (Å²) in [7, 11) is 0. The predicted molar refractivity (Wildman–Crippen MR) is 111 cm³/mol. The van der Waals surface area contributed by atoms with Crippen LogP contribution in [-0.2, 0) is 16.1 Å². The average Bonchev–Trinajstić information content (AvgIpc) is 3.08. The second-order valence-corrected chi connectivity index (χ2v) is 7.82. The van der Waals surface area contributed by atoms with Gasteiger partial charge in [-0.05, 0) is 23.6 Å². The van der Waals surface area contributed by atoms with E-state index in [-0.39, 0.29) is 37.2 Å². The third-order valence-corrected chi connectivity index (χ3v) is 6.00. The molecule has 4 rings (SSSR count). The molecule has 1 N–H and O–H groups in total. The van der Waals surface area contributed by atoms with Gasteiger partial charge in [-0.1, -0.05) is 54.6 Å². The molecule has 156 valence electrons. The van der Waals surface area contributed by atoms with E-state index in [0.717, 1.165) is 21.6 Å². The maximum absolute atomic E-state index is 12.3. The quantitative estimate of drug-likeness (QED) is 0.788. The van der Waals surface area contributed by atoms with Gasteiger partial charge in [-0.25, -0.2) is 4.79 Å². The van der Waals surface area contributed by atoms with Gasteiger partial charge in [0.25, 0.3) is 0 Å². The van der Waals surface area contributed by atoms with Crippen LogP contribution in [-0.4, -0.2) is 63.0 Å². The van der Waals surface area contributed by atoms with Crippen LogP contribution < -0.4 is 0 Å². The first kappa shape index (κ1) is 20.1. The molecule has 3 amide bonds. The van der Waals surface area contributed by atoms with Crippen molar-refractivity contribution in [1.29, 1.82) is 0 Å². The molecule has 2 fully saturated rings. The van der Waals surface area contributed by atoms with Crippen LogP contribution in [0.4, 0.5) is 4.79 Å². The van der Waals surface area contributed by atoms with Crippen molar-refractivity contribution < 1.29 is 19.5 Å². The Morgan fingerprint density at radius 2 is 1.53 bits per heavy atom. The zero-order valence-electron chi connectivity index (χ0n) is 16.9. The highest BCUT2D eigenvalue weighted by Gasteiger charge is 2.46. The first-order valence-corrected chi connectivity index (χ1v) is 10.2. The van der Waals surface area contributed by atoms with Crippen LogP contribution in [0.25, 0.3) is 11.1 Å². The van der Waals surface area contributed by atoms with Crippen molar-refractivity contribution in [3.8, 4) is 11.1 Å². The molecule has 7 heteroatoms. The van der Waals surface area contributed by atoms with Crippen molar-refractivity contribution in [2.75, 3.05) is 13.1 Å². The summed E-state index contributed by atoms with van der Waals surface area (Å²) in [5.74, 6) is -0.589. The third kappa shape index (κ3) is 3.80. The molecule has 0 aliphatic carbocycles. The number of piperazine rings is 1. The molecule has 2 aromatic rings. The molecule has 2 aliphatic rings. The maximum atomic E-state index is 12.3. The molecule has 2 heterocycles. The molecule has 0 saturated carbocycles. The summed E-state index contributed by atoms with van der Waals surface area (Å²) in [5, 5.41) is 9.63. The minimum Gasteiger partial charge on any atom is -0.465 e. The third-order valence-electron chi connectivity index (χ3n) is 6.00. The lowest BCUT2D eigenvalue weighted by atomic mass is 10.0. The van der Waals surface area contributed by atoms with Gasteiger partial charge in [0, 0.05) is 38.5 Å². The van der Waals surface area contributed by atoms with Crippen LogP contribution in [0.2, 0.25) is 0 Å². The van der Waals surface area contributed by atoms with Gasteiger partial charge in [0.1, 0.15) is 6.17 Å². The molecular formula is C23H25N3O4. The van der Waals surface area contributed by atoms with Gasteiger partial charge in [0.05, 0.1) is 0 Å². The zero-order valence-corrected chi connectivity index (χ0v) is 16.9. The minimum absolute atomic E-state index is 0.149. The van der Waals surface area contributed by atoms with Crippen molar-refractivity contribution in [2.24, 2.45) is 0 Å². The lowest BCUT2D eigenvalue weighted by Gasteiger charge is -2.47. The number of rotatable bonds is 4. The van der Waals surface area contributed by atoms with Crippen LogP contribution in [0.15, 0.2) is 54.6 Å². The largest absolute Gasteiger partial charge is 0.465 e. The number of carbonyl (C=O) groups excluding carboxylic acids is 2. The van der Waals surface area contributed by atoms with Crippen LogP contribution in [0.1, 0.15) is 25.3 Å². The number of hydrogen-bond acceptors (Lipinski definition) is 4. The van der Waals surface area contributed by atoms with Crippen molar-refractivity contribution in [1.82, 2.24) is 14.7 Å². The van der Waals surface area contributed by atoms with Crippen molar-refractivity contribution in [3.05, 3.63) is 60.2 Å². The number of carboxylic acid groups (broad SMARTS) is 1. The Hall–Kier alpha value is -3.19. The number of amides is 3. The van der Waals surface area contributed by atoms with Crippen molar-refractivity contribution in [2.45, 2.75) is 38.5 Å². The Labute approximate surface area is 175 Å². The monoisotopic (exact) mass is 407 g/mol. The lowest BCUT2D eigenvalue weighted by Crippen LogP contribution is -2.66. The number of likely N-dealkylation sites (tertiary alicyclic amines) is 1. The van der Waals surface area contributed by atoms with Gasteiger partial charge in [0.15, 0.2) is 0 Å². The molecule has 0 radical (unpaired) electrons. The molecule has 0 bridgehead atoms. The zero-order chi connectivity index (χ0) is 21.3. The maximum Gasteiger partial charge on any atom is 0.409 e. The first-order valence-electron chi connectivity index (χ1n) is 10.2. The summed E-state index contributed by atoms with van der Waals surface area (Å²) in [6.45, 7) is 3.30. The fourth-order valence-electron chi connectivity index (χ4n) is 4.36. The Morgan fingerprint density at radius 3 is 2.13 bits per heavy atom. The van der Waals surface area contributed by atoms with Crippen molar-refractivity contribution in [3.63, 3.8) is 0 Å². The fraction of sp³-hybridized carbons (Fsp3) is 0.348. The van der Waals surface area contributed by atoms with Gasteiger partial charge in [-0.15, -0.1) is 0 Å². The molecule has 2 unspecified atom stereocenters. The normalized spacial score (nSPS) is 22.6. The van der Waals surface area contributed by atoms with E-state index in [1.54, 1.807) is 0 Å². The van der Waals surface area contributed by atoms with E-state index in [0.29, 0.717) is 13.1 Å². The summed E-state index contributed by atoms with van der Waals surface area (Å²) in [6, 6.07) is 18.1. The van der Waals surface area contributed by atoms with Gasteiger partial charge in [-0.2, -0.15) is 0 Å². The van der Waals surface area contributed by atoms with E-state index in [4.69, 9.17) is 0 Å². The Balaban J connectivity index is 1.53. The summed E-state index contributed by atoms with van der Waals surface area (Å²) in [4.78, 5) is 40.9. The molecule has 2 aromatic carbocycles. The summed E-state index contributed by atoms with van der Waals surface area (Å²) in [6.07, 6.45) is -1.60. The van der Waals surface area contributed by atoms with Crippen LogP contribution in [0, 0.1) is 0 Å². The minimum atomic E-state index is -1.11. The molecule has 7 nitrogen and oxygen atoms in total. The molecule has 2 saturated heterocycles. The first-order chi connectivity index (χ1) is 14.5. The molecule has 0 spiro atoms. The average molecular weight is 407 g/mol. The standard InChI is InChI=1S/C23H25N3O4/c1-16-22(26-20(27)11-12-21(26)28)25(23(29)30)14-13-24(16)15-17-7-9-19(10-8-17)18-5-3-2-4-6-18/h2-10,16,22H,11-15H2,1H3,(H,29,30). The molecule has 2 aliphatic heterocycles. The fourth-order valence-corrected chi connectivity index (χ4v) is 4.36. The topological polar surface area (TPSA) is 81.2 Å². The summed E-state index contributed by atoms with van der Waals surface area (Å²) < 4.78 is 0. The van der Waals surface area contributed by atoms with Gasteiger partial charge < -0.3 is 5.11 Å². The highest BCUT2D eigenvalue weighted by molar-refractivity contribution is 6.02. The van der Waals surface area contributed by atoms with Crippen LogP contribution in [0.3, 0.4) is 0 Å².